The van der Waals surface area contributed by atoms with Gasteiger partial charge in [0.1, 0.15) is 5.75 Å². The predicted octanol–water partition coefficient (Wildman–Crippen LogP) is 4.25. The zero-order chi connectivity index (χ0) is 14.7. The summed E-state index contributed by atoms with van der Waals surface area (Å²) in [5.74, 6) is -0.0856. The van der Waals surface area contributed by atoms with Crippen molar-refractivity contribution >= 4 is 44.4 Å². The van der Waals surface area contributed by atoms with E-state index in [1.807, 2.05) is 53.8 Å². The SMILES string of the molecule is CC(NC(=O)c1ccc(I)c(O)c1)c1cccc(Br)c1. The van der Waals surface area contributed by atoms with Gasteiger partial charge in [-0.2, -0.15) is 0 Å². The van der Waals surface area contributed by atoms with Crippen molar-refractivity contribution in [2.45, 2.75) is 13.0 Å². The minimum Gasteiger partial charge on any atom is -0.507 e. The zero-order valence-corrected chi connectivity index (χ0v) is 14.5. The lowest BCUT2D eigenvalue weighted by atomic mass is 10.1. The molecule has 1 atom stereocenters. The molecule has 1 amide bonds. The molecule has 3 nitrogen and oxygen atoms in total. The third kappa shape index (κ3) is 3.73. The number of benzene rings is 2. The minimum atomic E-state index is -0.204. The van der Waals surface area contributed by atoms with Crippen LogP contribution in [0.25, 0.3) is 0 Å². The van der Waals surface area contributed by atoms with E-state index in [4.69, 9.17) is 0 Å². The summed E-state index contributed by atoms with van der Waals surface area (Å²) < 4.78 is 1.70. The maximum Gasteiger partial charge on any atom is 0.251 e. The third-order valence-electron chi connectivity index (χ3n) is 2.90. The Hall–Kier alpha value is -1.08. The van der Waals surface area contributed by atoms with Gasteiger partial charge >= 0.3 is 0 Å². The van der Waals surface area contributed by atoms with E-state index in [0.717, 1.165) is 13.6 Å². The van der Waals surface area contributed by atoms with Crippen LogP contribution in [-0.2, 0) is 0 Å². The van der Waals surface area contributed by atoms with E-state index in [-0.39, 0.29) is 17.7 Å². The maximum atomic E-state index is 12.1. The van der Waals surface area contributed by atoms with Crippen molar-refractivity contribution in [2.75, 3.05) is 0 Å². The van der Waals surface area contributed by atoms with E-state index in [9.17, 15) is 9.90 Å². The summed E-state index contributed by atoms with van der Waals surface area (Å²) >= 11 is 5.43. The lowest BCUT2D eigenvalue weighted by molar-refractivity contribution is 0.0939. The summed E-state index contributed by atoms with van der Waals surface area (Å²) in [7, 11) is 0. The Morgan fingerprint density at radius 3 is 2.70 bits per heavy atom. The molecular formula is C15H13BrINO2. The second-order valence-electron chi connectivity index (χ2n) is 4.42. The Morgan fingerprint density at radius 2 is 2.05 bits per heavy atom. The molecule has 5 heteroatoms. The number of phenolic OH excluding ortho intramolecular Hbond substituents is 1. The molecule has 0 bridgehead atoms. The van der Waals surface area contributed by atoms with E-state index in [1.165, 1.54) is 6.07 Å². The standard InChI is InChI=1S/C15H13BrINO2/c1-9(10-3-2-4-12(16)7-10)18-15(20)11-5-6-13(17)14(19)8-11/h2-9,19H,1H3,(H,18,20). The van der Waals surface area contributed by atoms with Gasteiger partial charge in [-0.15, -0.1) is 0 Å². The molecule has 2 aromatic carbocycles. The molecule has 0 saturated carbocycles. The number of hydrogen-bond donors (Lipinski definition) is 2. The molecule has 2 N–H and O–H groups in total. The van der Waals surface area contributed by atoms with Gasteiger partial charge < -0.3 is 10.4 Å². The van der Waals surface area contributed by atoms with Crippen LogP contribution in [0.3, 0.4) is 0 Å². The Bertz CT molecular complexity index is 646. The van der Waals surface area contributed by atoms with Gasteiger partial charge in [-0.3, -0.25) is 4.79 Å². The Balaban J connectivity index is 2.13. The van der Waals surface area contributed by atoms with Crippen LogP contribution in [-0.4, -0.2) is 11.0 Å². The van der Waals surface area contributed by atoms with Crippen LogP contribution < -0.4 is 5.32 Å². The van der Waals surface area contributed by atoms with Crippen LogP contribution in [0.2, 0.25) is 0 Å². The van der Waals surface area contributed by atoms with Crippen LogP contribution in [0.4, 0.5) is 0 Å². The van der Waals surface area contributed by atoms with E-state index in [1.54, 1.807) is 12.1 Å². The Labute approximate surface area is 139 Å². The van der Waals surface area contributed by atoms with Crippen LogP contribution in [0, 0.1) is 3.57 Å². The number of rotatable bonds is 3. The fraction of sp³-hybridized carbons (Fsp3) is 0.133. The number of phenols is 1. The summed E-state index contributed by atoms with van der Waals surface area (Å²) in [6, 6.07) is 12.6. The lowest BCUT2D eigenvalue weighted by Gasteiger charge is -2.15. The van der Waals surface area contributed by atoms with Gasteiger partial charge in [0.05, 0.1) is 9.61 Å². The molecule has 20 heavy (non-hydrogen) atoms. The Morgan fingerprint density at radius 1 is 1.30 bits per heavy atom. The fourth-order valence-electron chi connectivity index (χ4n) is 1.79. The first-order valence-corrected chi connectivity index (χ1v) is 7.89. The summed E-state index contributed by atoms with van der Waals surface area (Å²) in [4.78, 5) is 12.1. The van der Waals surface area contributed by atoms with Crippen molar-refractivity contribution in [1.82, 2.24) is 5.32 Å². The van der Waals surface area contributed by atoms with Gasteiger partial charge in [-0.1, -0.05) is 28.1 Å². The molecule has 104 valence electrons. The molecule has 2 rings (SSSR count). The molecule has 0 aliphatic carbocycles. The molecule has 0 aliphatic heterocycles. The highest BCUT2D eigenvalue weighted by Gasteiger charge is 2.12. The summed E-state index contributed by atoms with van der Waals surface area (Å²) in [5, 5.41) is 12.6. The largest absolute Gasteiger partial charge is 0.507 e. The molecule has 2 aromatic rings. The highest BCUT2D eigenvalue weighted by Crippen LogP contribution is 2.22. The summed E-state index contributed by atoms with van der Waals surface area (Å²) in [6.07, 6.45) is 0. The van der Waals surface area contributed by atoms with E-state index in [2.05, 4.69) is 21.2 Å². The maximum absolute atomic E-state index is 12.1. The minimum absolute atomic E-state index is 0.110. The van der Waals surface area contributed by atoms with Gasteiger partial charge in [-0.25, -0.2) is 0 Å². The van der Waals surface area contributed by atoms with Crippen molar-refractivity contribution in [1.29, 1.82) is 0 Å². The second-order valence-corrected chi connectivity index (χ2v) is 6.49. The van der Waals surface area contributed by atoms with E-state index in [0.29, 0.717) is 5.56 Å². The molecule has 0 saturated heterocycles. The lowest BCUT2D eigenvalue weighted by Crippen LogP contribution is -2.26. The van der Waals surface area contributed by atoms with Crippen LogP contribution in [0.1, 0.15) is 28.9 Å². The molecule has 0 spiro atoms. The molecule has 0 radical (unpaired) electrons. The number of carbonyl (C=O) groups excluding carboxylic acids is 1. The van der Waals surface area contributed by atoms with Gasteiger partial charge in [0, 0.05) is 10.0 Å². The van der Waals surface area contributed by atoms with Crippen LogP contribution >= 0.6 is 38.5 Å². The van der Waals surface area contributed by atoms with Crippen molar-refractivity contribution in [3.8, 4) is 5.75 Å². The van der Waals surface area contributed by atoms with Crippen molar-refractivity contribution in [3.63, 3.8) is 0 Å². The number of nitrogens with one attached hydrogen (secondary N) is 1. The van der Waals surface area contributed by atoms with Crippen molar-refractivity contribution in [2.24, 2.45) is 0 Å². The number of halogens is 2. The first-order valence-electron chi connectivity index (χ1n) is 6.02. The van der Waals surface area contributed by atoms with E-state index >= 15 is 0 Å². The number of amides is 1. The number of hydrogen-bond acceptors (Lipinski definition) is 2. The smallest absolute Gasteiger partial charge is 0.251 e. The topological polar surface area (TPSA) is 49.3 Å². The average Bonchev–Trinajstić information content (AvgIpc) is 2.41. The first-order chi connectivity index (χ1) is 9.47. The highest BCUT2D eigenvalue weighted by molar-refractivity contribution is 14.1. The zero-order valence-electron chi connectivity index (χ0n) is 10.7. The van der Waals surface area contributed by atoms with Gasteiger partial charge in [0.2, 0.25) is 0 Å². The number of carbonyl (C=O) groups is 1. The number of aromatic hydroxyl groups is 1. The summed E-state index contributed by atoms with van der Waals surface area (Å²) in [6.45, 7) is 1.92. The highest BCUT2D eigenvalue weighted by atomic mass is 127. The second kappa shape index (κ2) is 6.58. The van der Waals surface area contributed by atoms with Crippen LogP contribution in [0.5, 0.6) is 5.75 Å². The predicted molar refractivity (Wildman–Crippen MR) is 90.8 cm³/mol. The molecule has 0 fully saturated rings. The van der Waals surface area contributed by atoms with Gasteiger partial charge in [-0.05, 0) is 65.4 Å². The van der Waals surface area contributed by atoms with Crippen LogP contribution in [0.15, 0.2) is 46.9 Å². The average molecular weight is 446 g/mol. The molecular weight excluding hydrogens is 433 g/mol. The fourth-order valence-corrected chi connectivity index (χ4v) is 2.55. The normalized spacial score (nSPS) is 11.9. The van der Waals surface area contributed by atoms with Gasteiger partial charge in [0.15, 0.2) is 0 Å². The van der Waals surface area contributed by atoms with Crippen molar-refractivity contribution < 1.29 is 9.90 Å². The van der Waals surface area contributed by atoms with Gasteiger partial charge in [0.25, 0.3) is 5.91 Å². The molecule has 0 aliphatic rings. The van der Waals surface area contributed by atoms with Crippen molar-refractivity contribution in [3.05, 3.63) is 61.6 Å². The third-order valence-corrected chi connectivity index (χ3v) is 4.31. The first kappa shape index (κ1) is 15.3. The van der Waals surface area contributed by atoms with E-state index < -0.39 is 0 Å². The molecule has 0 heterocycles. The Kier molecular flexibility index (Phi) is 5.04. The molecule has 1 unspecified atom stereocenters. The molecule has 0 aromatic heterocycles. The quantitative estimate of drug-likeness (QED) is 0.694. The summed E-state index contributed by atoms with van der Waals surface area (Å²) in [5.41, 5.74) is 1.47. The monoisotopic (exact) mass is 445 g/mol.